The topological polar surface area (TPSA) is 68.7 Å². The Balaban J connectivity index is 1.37. The van der Waals surface area contributed by atoms with E-state index in [9.17, 15) is 14.3 Å². The van der Waals surface area contributed by atoms with Crippen molar-refractivity contribution in [2.75, 3.05) is 7.11 Å². The number of pyridine rings is 1. The number of carbonyl (C=O) groups is 1. The van der Waals surface area contributed by atoms with E-state index in [1.165, 1.54) is 18.9 Å². The first-order chi connectivity index (χ1) is 16.4. The maximum absolute atomic E-state index is 14.3. The quantitative estimate of drug-likeness (QED) is 0.473. The van der Waals surface area contributed by atoms with Crippen LogP contribution in [0.1, 0.15) is 54.0 Å². The van der Waals surface area contributed by atoms with Crippen LogP contribution in [0.25, 0.3) is 11.1 Å². The number of carboxylic acids is 1. The Morgan fingerprint density at radius 3 is 2.59 bits per heavy atom. The monoisotopic (exact) mass is 461 g/mol. The molecule has 1 saturated carbocycles. The van der Waals surface area contributed by atoms with Crippen molar-refractivity contribution in [1.82, 2.24) is 4.98 Å². The molecule has 0 saturated heterocycles. The van der Waals surface area contributed by atoms with Gasteiger partial charge in [-0.15, -0.1) is 0 Å². The molecule has 1 aliphatic heterocycles. The summed E-state index contributed by atoms with van der Waals surface area (Å²) in [5, 5.41) is 9.62. The summed E-state index contributed by atoms with van der Waals surface area (Å²) in [5.41, 5.74) is 5.70. The summed E-state index contributed by atoms with van der Waals surface area (Å²) in [4.78, 5) is 15.6. The number of benzene rings is 2. The molecule has 2 aliphatic rings. The Kier molecular flexibility index (Phi) is 6.09. The molecule has 3 aromatic rings. The van der Waals surface area contributed by atoms with Gasteiger partial charge >= 0.3 is 5.97 Å². The first-order valence-corrected chi connectivity index (χ1v) is 11.7. The Morgan fingerprint density at radius 2 is 1.91 bits per heavy atom. The van der Waals surface area contributed by atoms with Crippen molar-refractivity contribution in [3.63, 3.8) is 0 Å². The molecule has 0 amide bonds. The minimum absolute atomic E-state index is 0.0515. The lowest BCUT2D eigenvalue weighted by molar-refractivity contribution is -0.142. The number of hydrogen-bond acceptors (Lipinski definition) is 4. The third kappa shape index (κ3) is 4.42. The van der Waals surface area contributed by atoms with Crippen LogP contribution < -0.4 is 4.74 Å². The van der Waals surface area contributed by atoms with Crippen LogP contribution in [0.4, 0.5) is 4.39 Å². The third-order valence-corrected chi connectivity index (χ3v) is 7.15. The van der Waals surface area contributed by atoms with Crippen LogP contribution in [0.3, 0.4) is 0 Å². The Hall–Kier alpha value is -3.25. The van der Waals surface area contributed by atoms with Gasteiger partial charge in [0, 0.05) is 18.1 Å². The van der Waals surface area contributed by atoms with Crippen molar-refractivity contribution < 1.29 is 23.8 Å². The summed E-state index contributed by atoms with van der Waals surface area (Å²) in [7, 11) is 1.51. The van der Waals surface area contributed by atoms with Gasteiger partial charge in [-0.25, -0.2) is 9.37 Å². The summed E-state index contributed by atoms with van der Waals surface area (Å²) >= 11 is 0. The van der Waals surface area contributed by atoms with Crippen LogP contribution in [0.2, 0.25) is 0 Å². The van der Waals surface area contributed by atoms with Crippen LogP contribution in [-0.4, -0.2) is 23.2 Å². The summed E-state index contributed by atoms with van der Waals surface area (Å²) in [5.74, 6) is -0.662. The van der Waals surface area contributed by atoms with E-state index in [2.05, 4.69) is 23.2 Å². The van der Waals surface area contributed by atoms with Gasteiger partial charge in [0.05, 0.1) is 31.9 Å². The number of hydrogen-bond donors (Lipinski definition) is 1. The average molecular weight is 462 g/mol. The zero-order valence-electron chi connectivity index (χ0n) is 19.3. The zero-order chi connectivity index (χ0) is 23.8. The van der Waals surface area contributed by atoms with E-state index in [0.717, 1.165) is 41.5 Å². The minimum Gasteiger partial charge on any atom is -0.481 e. The minimum atomic E-state index is -0.737. The van der Waals surface area contributed by atoms with Gasteiger partial charge in [0.2, 0.25) is 5.88 Å². The first kappa shape index (κ1) is 22.5. The average Bonchev–Trinajstić information content (AvgIpc) is 3.69. The molecule has 6 heteroatoms. The number of aliphatic carboxylic acids is 1. The van der Waals surface area contributed by atoms with Crippen molar-refractivity contribution in [1.29, 1.82) is 0 Å². The summed E-state index contributed by atoms with van der Waals surface area (Å²) in [6, 6.07) is 15.7. The fourth-order valence-electron chi connectivity index (χ4n) is 5.05. The van der Waals surface area contributed by atoms with E-state index in [1.807, 2.05) is 31.2 Å². The largest absolute Gasteiger partial charge is 0.481 e. The zero-order valence-corrected chi connectivity index (χ0v) is 19.3. The summed E-state index contributed by atoms with van der Waals surface area (Å²) in [6.45, 7) is 2.33. The number of ether oxygens (including phenoxy) is 2. The second-order valence-corrected chi connectivity index (χ2v) is 9.35. The van der Waals surface area contributed by atoms with Gasteiger partial charge in [-0.3, -0.25) is 4.79 Å². The van der Waals surface area contributed by atoms with E-state index in [1.54, 1.807) is 6.07 Å². The van der Waals surface area contributed by atoms with Crippen molar-refractivity contribution in [3.05, 3.63) is 82.8 Å². The molecule has 2 aromatic carbocycles. The van der Waals surface area contributed by atoms with Gasteiger partial charge in [-0.2, -0.15) is 0 Å². The molecule has 1 aliphatic carbocycles. The number of fused-ring (bicyclic) bond motifs is 1. The number of carboxylic acid groups (broad SMARTS) is 1. The predicted molar refractivity (Wildman–Crippen MR) is 126 cm³/mol. The highest BCUT2D eigenvalue weighted by molar-refractivity contribution is 5.71. The molecule has 2 heterocycles. The van der Waals surface area contributed by atoms with Gasteiger partial charge < -0.3 is 14.6 Å². The first-order valence-electron chi connectivity index (χ1n) is 11.7. The lowest BCUT2D eigenvalue weighted by atomic mass is 9.81. The molecule has 176 valence electrons. The van der Waals surface area contributed by atoms with E-state index < -0.39 is 17.7 Å². The SMILES string of the molecule is COc1cc(-c2ccc([C@H]3Cc4cc(C(C5CC5)[C@H](C)C(=O)O)ccc4CO3)cc2)c(F)cn1. The third-order valence-electron chi connectivity index (χ3n) is 7.15. The fourth-order valence-corrected chi connectivity index (χ4v) is 5.05. The summed E-state index contributed by atoms with van der Waals surface area (Å²) < 4.78 is 25.6. The van der Waals surface area contributed by atoms with Crippen LogP contribution in [0, 0.1) is 17.7 Å². The van der Waals surface area contributed by atoms with E-state index in [-0.39, 0.29) is 12.0 Å². The van der Waals surface area contributed by atoms with Gasteiger partial charge in [0.15, 0.2) is 0 Å². The molecular formula is C28H28FNO4. The number of halogens is 1. The van der Waals surface area contributed by atoms with Crippen LogP contribution in [0.15, 0.2) is 54.7 Å². The lowest BCUT2D eigenvalue weighted by Gasteiger charge is -2.28. The number of aromatic nitrogens is 1. The Bertz CT molecular complexity index is 1210. The van der Waals surface area contributed by atoms with E-state index in [4.69, 9.17) is 9.47 Å². The van der Waals surface area contributed by atoms with Gasteiger partial charge in [-0.05, 0) is 52.5 Å². The van der Waals surface area contributed by atoms with Crippen molar-refractivity contribution >= 4 is 5.97 Å². The highest BCUT2D eigenvalue weighted by Crippen LogP contribution is 2.47. The molecule has 1 unspecified atom stereocenters. The molecule has 5 rings (SSSR count). The Morgan fingerprint density at radius 1 is 1.15 bits per heavy atom. The lowest BCUT2D eigenvalue weighted by Crippen LogP contribution is -2.22. The van der Waals surface area contributed by atoms with Crippen LogP contribution in [-0.2, 0) is 22.6 Å². The normalized spacial score (nSPS) is 19.2. The van der Waals surface area contributed by atoms with Crippen molar-refractivity contribution in [2.45, 2.75) is 44.8 Å². The van der Waals surface area contributed by atoms with Crippen molar-refractivity contribution in [2.24, 2.45) is 11.8 Å². The van der Waals surface area contributed by atoms with E-state index in [0.29, 0.717) is 24.0 Å². The molecular weight excluding hydrogens is 433 g/mol. The standard InChI is InChI=1S/C28H28FNO4/c1-16(28(31)32)27(19-7-8-19)20-9-10-21-15-34-25(12-22(21)11-20)18-5-3-17(4-6-18)23-13-26(33-2)30-14-24(23)29/h3-6,9-11,13-14,16,19,25,27H,7-8,12,15H2,1-2H3,(H,31,32)/t16-,25+,27?/m0/s1. The molecule has 34 heavy (non-hydrogen) atoms. The van der Waals surface area contributed by atoms with Gasteiger partial charge in [-0.1, -0.05) is 49.4 Å². The van der Waals surface area contributed by atoms with Gasteiger partial charge in [0.1, 0.15) is 5.82 Å². The number of methoxy groups -OCH3 is 1. The Labute approximate surface area is 198 Å². The molecule has 0 spiro atoms. The maximum Gasteiger partial charge on any atom is 0.306 e. The number of nitrogens with zero attached hydrogens (tertiary/aromatic N) is 1. The molecule has 1 N–H and O–H groups in total. The predicted octanol–water partition coefficient (Wildman–Crippen LogP) is 5.92. The highest BCUT2D eigenvalue weighted by Gasteiger charge is 2.39. The van der Waals surface area contributed by atoms with Crippen LogP contribution in [0.5, 0.6) is 5.88 Å². The molecule has 0 radical (unpaired) electrons. The van der Waals surface area contributed by atoms with Crippen LogP contribution >= 0.6 is 0 Å². The number of rotatable bonds is 7. The van der Waals surface area contributed by atoms with Gasteiger partial charge in [0.25, 0.3) is 0 Å². The molecule has 0 bridgehead atoms. The van der Waals surface area contributed by atoms with E-state index >= 15 is 0 Å². The van der Waals surface area contributed by atoms with Crippen molar-refractivity contribution in [3.8, 4) is 17.0 Å². The molecule has 5 nitrogen and oxygen atoms in total. The highest BCUT2D eigenvalue weighted by atomic mass is 19.1. The summed E-state index contributed by atoms with van der Waals surface area (Å²) in [6.07, 6.45) is 3.98. The molecule has 1 fully saturated rings. The molecule has 3 atom stereocenters. The second-order valence-electron chi connectivity index (χ2n) is 9.35. The second kappa shape index (κ2) is 9.18. The molecule has 1 aromatic heterocycles. The maximum atomic E-state index is 14.3. The smallest absolute Gasteiger partial charge is 0.306 e. The fraction of sp³-hybridized carbons (Fsp3) is 0.357.